The van der Waals surface area contributed by atoms with Gasteiger partial charge in [-0.05, 0) is 18.3 Å². The number of rotatable bonds is 7. The van der Waals surface area contributed by atoms with Crippen LogP contribution in [0.25, 0.3) is 0 Å². The molecule has 0 radical (unpaired) electrons. The molecule has 128 valence electrons. The van der Waals surface area contributed by atoms with Gasteiger partial charge < -0.3 is 0 Å². The topological polar surface area (TPSA) is 29.5 Å². The third-order valence-corrected chi connectivity index (χ3v) is 2.27. The van der Waals surface area contributed by atoms with E-state index in [1.54, 1.807) is 6.08 Å². The van der Waals surface area contributed by atoms with Crippen molar-refractivity contribution in [3.63, 3.8) is 0 Å². The summed E-state index contributed by atoms with van der Waals surface area (Å²) in [5, 5.41) is 7.07. The molecule has 2 nitrogen and oxygen atoms in total. The Morgan fingerprint density at radius 2 is 1.43 bits per heavy atom. The molecular formula is C19H40O2. The Morgan fingerprint density at radius 1 is 0.952 bits per heavy atom. The third-order valence-electron chi connectivity index (χ3n) is 2.27. The average Bonchev–Trinajstić information content (AvgIpc) is 2.50. The standard InChI is InChI=1S/C14H24.2C2H6.CH4O2/c1-5-6-7-8-9-10-14(4)12-11-13(2)3;2*1-2;1-3-2/h5-9,13-14H,1,10-12H2,2-4H3;2*1-2H3;2H,1H3/b7-6-,9-8-;;;/t14-;;;/m1.../s1. The van der Waals surface area contributed by atoms with Gasteiger partial charge in [0.1, 0.15) is 0 Å². The summed E-state index contributed by atoms with van der Waals surface area (Å²) in [6.45, 7) is 18.5. The maximum Gasteiger partial charge on any atom is 0.0710 e. The van der Waals surface area contributed by atoms with Gasteiger partial charge in [0.2, 0.25) is 0 Å². The van der Waals surface area contributed by atoms with E-state index in [0.29, 0.717) is 0 Å². The van der Waals surface area contributed by atoms with E-state index in [-0.39, 0.29) is 0 Å². The molecule has 0 saturated heterocycles. The van der Waals surface area contributed by atoms with Gasteiger partial charge in [-0.25, -0.2) is 4.89 Å². The van der Waals surface area contributed by atoms with E-state index in [1.165, 1.54) is 26.4 Å². The second-order valence-corrected chi connectivity index (χ2v) is 4.54. The summed E-state index contributed by atoms with van der Waals surface area (Å²) in [6, 6.07) is 0. The molecule has 0 rings (SSSR count). The van der Waals surface area contributed by atoms with Crippen LogP contribution in [0.15, 0.2) is 37.0 Å². The first-order valence-electron chi connectivity index (χ1n) is 8.20. The first-order valence-corrected chi connectivity index (χ1v) is 8.20. The van der Waals surface area contributed by atoms with E-state index in [0.717, 1.165) is 11.8 Å². The monoisotopic (exact) mass is 300 g/mol. The molecule has 0 aromatic rings. The Balaban J connectivity index is -0.000000176. The van der Waals surface area contributed by atoms with Crippen LogP contribution in [0, 0.1) is 11.8 Å². The van der Waals surface area contributed by atoms with Crippen LogP contribution in [-0.2, 0) is 4.89 Å². The third kappa shape index (κ3) is 45.3. The van der Waals surface area contributed by atoms with Gasteiger partial charge in [-0.3, -0.25) is 5.26 Å². The summed E-state index contributed by atoms with van der Waals surface area (Å²) in [6.07, 6.45) is 14.0. The second kappa shape index (κ2) is 31.5. The maximum atomic E-state index is 7.07. The number of allylic oxidation sites excluding steroid dienone is 5. The smallest absolute Gasteiger partial charge is 0.0710 e. The Kier molecular flexibility index (Phi) is 42.5. The SMILES string of the molecule is C=C/C=C\C=C/C[C@@H](C)CCC(C)C.CC.CC.COO. The molecule has 2 heteroatoms. The Labute approximate surface area is 134 Å². The van der Waals surface area contributed by atoms with Crippen molar-refractivity contribution in [3.8, 4) is 0 Å². The van der Waals surface area contributed by atoms with Crippen LogP contribution >= 0.6 is 0 Å². The molecule has 0 amide bonds. The summed E-state index contributed by atoms with van der Waals surface area (Å²) in [5.41, 5.74) is 0. The van der Waals surface area contributed by atoms with E-state index >= 15 is 0 Å². The zero-order valence-electron chi connectivity index (χ0n) is 15.7. The van der Waals surface area contributed by atoms with Gasteiger partial charge >= 0.3 is 0 Å². The molecule has 0 aliphatic rings. The first kappa shape index (κ1) is 28.3. The molecule has 1 atom stereocenters. The van der Waals surface area contributed by atoms with Crippen LogP contribution in [0.4, 0.5) is 0 Å². The van der Waals surface area contributed by atoms with Crippen LogP contribution in [0.3, 0.4) is 0 Å². The lowest BCUT2D eigenvalue weighted by Crippen LogP contribution is -1.96. The quantitative estimate of drug-likeness (QED) is 0.314. The van der Waals surface area contributed by atoms with Crippen molar-refractivity contribution in [3.05, 3.63) is 37.0 Å². The zero-order valence-corrected chi connectivity index (χ0v) is 15.7. The summed E-state index contributed by atoms with van der Waals surface area (Å²) in [5.74, 6) is 1.65. The van der Waals surface area contributed by atoms with Crippen LogP contribution in [0.1, 0.15) is 67.7 Å². The van der Waals surface area contributed by atoms with Gasteiger partial charge in [-0.15, -0.1) is 0 Å². The lowest BCUT2D eigenvalue weighted by molar-refractivity contribution is -0.214. The summed E-state index contributed by atoms with van der Waals surface area (Å²) >= 11 is 0. The molecular weight excluding hydrogens is 260 g/mol. The second-order valence-electron chi connectivity index (χ2n) is 4.54. The van der Waals surface area contributed by atoms with Crippen LogP contribution in [0.2, 0.25) is 0 Å². The van der Waals surface area contributed by atoms with Gasteiger partial charge in [0, 0.05) is 0 Å². The van der Waals surface area contributed by atoms with Crippen molar-refractivity contribution in [2.75, 3.05) is 7.11 Å². The molecule has 0 aromatic heterocycles. The number of hydrogen-bond donors (Lipinski definition) is 1. The maximum absolute atomic E-state index is 7.07. The minimum Gasteiger partial charge on any atom is -0.252 e. The Hall–Kier alpha value is -0.860. The predicted octanol–water partition coefficient (Wildman–Crippen LogP) is 6.91. The molecule has 0 aliphatic heterocycles. The highest BCUT2D eigenvalue weighted by Crippen LogP contribution is 2.15. The van der Waals surface area contributed by atoms with Crippen molar-refractivity contribution in [1.29, 1.82) is 0 Å². The lowest BCUT2D eigenvalue weighted by atomic mass is 9.97. The highest BCUT2D eigenvalue weighted by atomic mass is 17.1. The predicted molar refractivity (Wildman–Crippen MR) is 98.7 cm³/mol. The lowest BCUT2D eigenvalue weighted by Gasteiger charge is -2.09. The van der Waals surface area contributed by atoms with Gasteiger partial charge in [0.05, 0.1) is 7.11 Å². The van der Waals surface area contributed by atoms with Crippen molar-refractivity contribution in [1.82, 2.24) is 0 Å². The van der Waals surface area contributed by atoms with E-state index in [9.17, 15) is 0 Å². The van der Waals surface area contributed by atoms with Gasteiger partial charge in [-0.2, -0.15) is 0 Å². The molecule has 21 heavy (non-hydrogen) atoms. The highest BCUT2D eigenvalue weighted by Gasteiger charge is 2.00. The fourth-order valence-electron chi connectivity index (χ4n) is 1.27. The molecule has 0 aliphatic carbocycles. The molecule has 0 unspecified atom stereocenters. The summed E-state index contributed by atoms with van der Waals surface area (Å²) in [4.78, 5) is 3.25. The van der Waals surface area contributed by atoms with Crippen molar-refractivity contribution in [2.45, 2.75) is 67.7 Å². The summed E-state index contributed by atoms with van der Waals surface area (Å²) < 4.78 is 0. The molecule has 0 bridgehead atoms. The largest absolute Gasteiger partial charge is 0.252 e. The minimum atomic E-state index is 0.811. The van der Waals surface area contributed by atoms with Gasteiger partial charge in [0.15, 0.2) is 0 Å². The van der Waals surface area contributed by atoms with E-state index in [1.807, 2.05) is 39.8 Å². The van der Waals surface area contributed by atoms with Crippen LogP contribution < -0.4 is 0 Å². The van der Waals surface area contributed by atoms with Gasteiger partial charge in [-0.1, -0.05) is 98.3 Å². The van der Waals surface area contributed by atoms with E-state index in [4.69, 9.17) is 5.26 Å². The van der Waals surface area contributed by atoms with Crippen molar-refractivity contribution in [2.24, 2.45) is 11.8 Å². The fraction of sp³-hybridized carbons (Fsp3) is 0.684. The van der Waals surface area contributed by atoms with Crippen molar-refractivity contribution >= 4 is 0 Å². The van der Waals surface area contributed by atoms with E-state index < -0.39 is 0 Å². The van der Waals surface area contributed by atoms with E-state index in [2.05, 4.69) is 44.4 Å². The molecule has 0 fully saturated rings. The molecule has 0 aromatic carbocycles. The first-order chi connectivity index (χ1) is 10.1. The van der Waals surface area contributed by atoms with Gasteiger partial charge in [0.25, 0.3) is 0 Å². The minimum absolute atomic E-state index is 0.811. The zero-order chi connectivity index (χ0) is 17.5. The number of hydrogen-bond acceptors (Lipinski definition) is 2. The highest BCUT2D eigenvalue weighted by molar-refractivity contribution is 5.08. The Morgan fingerprint density at radius 3 is 1.81 bits per heavy atom. The van der Waals surface area contributed by atoms with Crippen LogP contribution in [0.5, 0.6) is 0 Å². The molecule has 0 spiro atoms. The van der Waals surface area contributed by atoms with Crippen LogP contribution in [-0.4, -0.2) is 12.4 Å². The molecule has 1 N–H and O–H groups in total. The molecule has 0 heterocycles. The average molecular weight is 301 g/mol. The Bertz CT molecular complexity index is 206. The molecule has 0 saturated carbocycles. The normalized spacial score (nSPS) is 11.0. The fourth-order valence-corrected chi connectivity index (χ4v) is 1.27. The van der Waals surface area contributed by atoms with Crippen molar-refractivity contribution < 1.29 is 10.1 Å². The summed E-state index contributed by atoms with van der Waals surface area (Å²) in [7, 11) is 1.18.